The van der Waals surface area contributed by atoms with Gasteiger partial charge in [0, 0.05) is 13.0 Å². The molecule has 1 amide bonds. The van der Waals surface area contributed by atoms with Crippen LogP contribution in [0.2, 0.25) is 0 Å². The molecule has 0 bridgehead atoms. The van der Waals surface area contributed by atoms with E-state index in [0.29, 0.717) is 0 Å². The van der Waals surface area contributed by atoms with Crippen LogP contribution < -0.4 is 4.90 Å². The van der Waals surface area contributed by atoms with Crippen molar-refractivity contribution in [3.8, 4) is 0 Å². The van der Waals surface area contributed by atoms with Gasteiger partial charge in [0.1, 0.15) is 5.82 Å². The number of hydrogen-bond donors (Lipinski definition) is 0. The van der Waals surface area contributed by atoms with E-state index in [4.69, 9.17) is 0 Å². The number of esters is 1. The molecule has 0 aliphatic carbocycles. The zero-order valence-corrected chi connectivity index (χ0v) is 11.5. The topological polar surface area (TPSA) is 46.6 Å². The smallest absolute Gasteiger partial charge is 0.311 e. The van der Waals surface area contributed by atoms with Crippen LogP contribution in [0.15, 0.2) is 16.6 Å². The van der Waals surface area contributed by atoms with Gasteiger partial charge in [-0.1, -0.05) is 0 Å². The molecule has 1 aromatic carbocycles. The van der Waals surface area contributed by atoms with Crippen LogP contribution >= 0.6 is 15.9 Å². The summed E-state index contributed by atoms with van der Waals surface area (Å²) in [4.78, 5) is 24.3. The molecule has 1 unspecified atom stereocenters. The first-order valence-electron chi connectivity index (χ1n) is 5.47. The minimum absolute atomic E-state index is 0.0283. The lowest BCUT2D eigenvalue weighted by Crippen LogP contribution is -2.27. The highest BCUT2D eigenvalue weighted by atomic mass is 79.9. The number of ether oxygens (including phenoxy) is 1. The van der Waals surface area contributed by atoms with Crippen molar-refractivity contribution in [2.45, 2.75) is 6.42 Å². The number of carbonyl (C=O) groups excluding carboxylic acids is 2. The zero-order chi connectivity index (χ0) is 14.2. The molecule has 1 saturated heterocycles. The first kappa shape index (κ1) is 13.9. The average molecular weight is 334 g/mol. The number of amides is 1. The number of carbonyl (C=O) groups is 2. The summed E-state index contributed by atoms with van der Waals surface area (Å²) in [6.07, 6.45) is -0.0406. The second-order valence-electron chi connectivity index (χ2n) is 4.12. The molecule has 7 heteroatoms. The molecule has 0 radical (unpaired) electrons. The third-order valence-electron chi connectivity index (χ3n) is 2.97. The number of rotatable bonds is 2. The Morgan fingerprint density at radius 1 is 1.47 bits per heavy atom. The van der Waals surface area contributed by atoms with Crippen molar-refractivity contribution in [3.05, 3.63) is 28.2 Å². The van der Waals surface area contributed by atoms with Gasteiger partial charge < -0.3 is 9.64 Å². The molecular formula is C12H10BrF2NO3. The van der Waals surface area contributed by atoms with E-state index >= 15 is 0 Å². The van der Waals surface area contributed by atoms with Crippen LogP contribution in [0.4, 0.5) is 14.5 Å². The van der Waals surface area contributed by atoms with Gasteiger partial charge in [0.05, 0.1) is 23.2 Å². The molecule has 0 saturated carbocycles. The molecule has 4 nitrogen and oxygen atoms in total. The van der Waals surface area contributed by atoms with Gasteiger partial charge in [-0.05, 0) is 28.1 Å². The maximum atomic E-state index is 13.9. The molecule has 0 N–H and O–H groups in total. The SMILES string of the molecule is COC(=O)C1CC(=O)N(c2ccc(F)c(Br)c2F)C1. The molecule has 102 valence electrons. The summed E-state index contributed by atoms with van der Waals surface area (Å²) in [5, 5.41) is 0. The Morgan fingerprint density at radius 2 is 2.16 bits per heavy atom. The summed E-state index contributed by atoms with van der Waals surface area (Å²) in [6, 6.07) is 2.23. The molecule has 19 heavy (non-hydrogen) atoms. The van der Waals surface area contributed by atoms with Crippen LogP contribution in [0.1, 0.15) is 6.42 Å². The van der Waals surface area contributed by atoms with Crippen LogP contribution in [-0.2, 0) is 14.3 Å². The predicted molar refractivity (Wildman–Crippen MR) is 66.5 cm³/mol. The highest BCUT2D eigenvalue weighted by Crippen LogP contribution is 2.32. The number of methoxy groups -OCH3 is 1. The van der Waals surface area contributed by atoms with Gasteiger partial charge in [-0.25, -0.2) is 8.78 Å². The lowest BCUT2D eigenvalue weighted by Gasteiger charge is -2.17. The monoisotopic (exact) mass is 333 g/mol. The van der Waals surface area contributed by atoms with Gasteiger partial charge in [0.25, 0.3) is 0 Å². The maximum absolute atomic E-state index is 13.9. The van der Waals surface area contributed by atoms with Gasteiger partial charge in [-0.2, -0.15) is 0 Å². The maximum Gasteiger partial charge on any atom is 0.311 e. The number of anilines is 1. The van der Waals surface area contributed by atoms with E-state index in [9.17, 15) is 18.4 Å². The van der Waals surface area contributed by atoms with Crippen molar-refractivity contribution < 1.29 is 23.1 Å². The van der Waals surface area contributed by atoms with Crippen LogP contribution in [0, 0.1) is 17.6 Å². The predicted octanol–water partition coefficient (Wildman–Crippen LogP) is 2.25. The van der Waals surface area contributed by atoms with Gasteiger partial charge >= 0.3 is 5.97 Å². The van der Waals surface area contributed by atoms with Gasteiger partial charge in [0.2, 0.25) is 5.91 Å². The summed E-state index contributed by atoms with van der Waals surface area (Å²) >= 11 is 2.78. The summed E-state index contributed by atoms with van der Waals surface area (Å²) in [7, 11) is 1.23. The van der Waals surface area contributed by atoms with E-state index in [1.807, 2.05) is 0 Å². The van der Waals surface area contributed by atoms with Crippen LogP contribution in [0.25, 0.3) is 0 Å². The number of nitrogens with zero attached hydrogens (tertiary/aromatic N) is 1. The molecule has 2 rings (SSSR count). The summed E-state index contributed by atoms with van der Waals surface area (Å²) in [6.45, 7) is 0.0283. The Labute approximate surface area is 116 Å². The van der Waals surface area contributed by atoms with Crippen molar-refractivity contribution in [1.82, 2.24) is 0 Å². The van der Waals surface area contributed by atoms with E-state index in [1.54, 1.807) is 0 Å². The molecule has 0 spiro atoms. The van der Waals surface area contributed by atoms with Gasteiger partial charge in [-0.15, -0.1) is 0 Å². The zero-order valence-electron chi connectivity index (χ0n) is 9.95. The van der Waals surface area contributed by atoms with Crippen molar-refractivity contribution >= 4 is 33.5 Å². The van der Waals surface area contributed by atoms with Crippen molar-refractivity contribution in [2.75, 3.05) is 18.6 Å². The lowest BCUT2D eigenvalue weighted by molar-refractivity contribution is -0.145. The Bertz CT molecular complexity index is 550. The quantitative estimate of drug-likeness (QED) is 0.616. The number of hydrogen-bond acceptors (Lipinski definition) is 3. The Morgan fingerprint density at radius 3 is 2.79 bits per heavy atom. The Kier molecular flexibility index (Phi) is 3.84. The molecule has 1 aliphatic heterocycles. The van der Waals surface area contributed by atoms with Crippen molar-refractivity contribution in [3.63, 3.8) is 0 Å². The molecule has 0 aromatic heterocycles. The van der Waals surface area contributed by atoms with E-state index in [2.05, 4.69) is 20.7 Å². The Hall–Kier alpha value is -1.50. The lowest BCUT2D eigenvalue weighted by atomic mass is 10.1. The third-order valence-corrected chi connectivity index (χ3v) is 3.69. The van der Waals surface area contributed by atoms with Gasteiger partial charge in [0.15, 0.2) is 5.82 Å². The van der Waals surface area contributed by atoms with Crippen LogP contribution in [-0.4, -0.2) is 25.5 Å². The van der Waals surface area contributed by atoms with E-state index in [1.165, 1.54) is 13.2 Å². The molecule has 1 atom stereocenters. The molecule has 1 aliphatic rings. The minimum Gasteiger partial charge on any atom is -0.469 e. The second kappa shape index (κ2) is 5.24. The van der Waals surface area contributed by atoms with Gasteiger partial charge in [-0.3, -0.25) is 9.59 Å². The highest BCUT2D eigenvalue weighted by molar-refractivity contribution is 9.10. The molecule has 1 fully saturated rings. The molecular weight excluding hydrogens is 324 g/mol. The first-order valence-corrected chi connectivity index (χ1v) is 6.26. The average Bonchev–Trinajstić information content (AvgIpc) is 2.77. The minimum atomic E-state index is -0.862. The normalized spacial score (nSPS) is 18.8. The second-order valence-corrected chi connectivity index (χ2v) is 4.92. The molecule has 1 heterocycles. The Balaban J connectivity index is 2.31. The van der Waals surface area contributed by atoms with Crippen LogP contribution in [0.5, 0.6) is 0 Å². The summed E-state index contributed by atoms with van der Waals surface area (Å²) in [5.74, 6) is -3.15. The van der Waals surface area contributed by atoms with Crippen molar-refractivity contribution in [2.24, 2.45) is 5.92 Å². The molecule has 1 aromatic rings. The fourth-order valence-electron chi connectivity index (χ4n) is 1.99. The largest absolute Gasteiger partial charge is 0.469 e. The standard InChI is InChI=1S/C12H10BrF2NO3/c1-19-12(18)6-4-9(17)16(5-6)8-3-2-7(14)10(13)11(8)15/h2-3,6H,4-5H2,1H3. The van der Waals surface area contributed by atoms with E-state index in [0.717, 1.165) is 11.0 Å². The summed E-state index contributed by atoms with van der Waals surface area (Å²) < 4.78 is 31.3. The summed E-state index contributed by atoms with van der Waals surface area (Å²) in [5.41, 5.74) is -0.0512. The highest BCUT2D eigenvalue weighted by Gasteiger charge is 2.37. The fraction of sp³-hybridized carbons (Fsp3) is 0.333. The first-order chi connectivity index (χ1) is 8.95. The number of halogens is 3. The van der Waals surface area contributed by atoms with Crippen LogP contribution in [0.3, 0.4) is 0 Å². The number of benzene rings is 1. The fourth-order valence-corrected chi connectivity index (χ4v) is 2.32. The van der Waals surface area contributed by atoms with E-state index < -0.39 is 29.4 Å². The van der Waals surface area contributed by atoms with E-state index in [-0.39, 0.29) is 23.1 Å². The van der Waals surface area contributed by atoms with Crippen molar-refractivity contribution in [1.29, 1.82) is 0 Å². The third kappa shape index (κ3) is 2.47.